The van der Waals surface area contributed by atoms with E-state index in [2.05, 4.69) is 55.7 Å². The van der Waals surface area contributed by atoms with Crippen molar-refractivity contribution in [2.75, 3.05) is 19.8 Å². The fourth-order valence-electron chi connectivity index (χ4n) is 3.49. The molecule has 0 spiro atoms. The largest absolute Gasteiger partial charge is 0.335 e. The predicted molar refractivity (Wildman–Crippen MR) is 104 cm³/mol. The number of carbonyl (C=O) groups excluding carboxylic acids is 1. The first-order valence-electron chi connectivity index (χ1n) is 9.56. The minimum absolute atomic E-state index is 0.0224. The predicted octanol–water partition coefficient (Wildman–Crippen LogP) is 2.77. The third-order valence-electron chi connectivity index (χ3n) is 5.10. The molecule has 1 N–H and O–H groups in total. The molecule has 28 heavy (non-hydrogen) atoms. The summed E-state index contributed by atoms with van der Waals surface area (Å²) in [7, 11) is 0. The van der Waals surface area contributed by atoms with Gasteiger partial charge in [-0.15, -0.1) is 0 Å². The maximum Gasteiger partial charge on any atom is 0.316 e. The van der Waals surface area contributed by atoms with Crippen molar-refractivity contribution < 1.29 is 9.32 Å². The maximum absolute atomic E-state index is 12.3. The molecule has 1 aromatic carbocycles. The van der Waals surface area contributed by atoms with Gasteiger partial charge in [0.05, 0.1) is 6.67 Å². The van der Waals surface area contributed by atoms with Gasteiger partial charge in [-0.05, 0) is 42.9 Å². The van der Waals surface area contributed by atoms with Crippen LogP contribution in [0.3, 0.4) is 0 Å². The average Bonchev–Trinajstić information content (AvgIpc) is 3.25. The molecule has 1 aliphatic heterocycles. The molecular formula is C21H23N5O2. The second-order valence-electron chi connectivity index (χ2n) is 7.07. The molecular weight excluding hydrogens is 354 g/mol. The molecule has 0 saturated carbocycles. The summed E-state index contributed by atoms with van der Waals surface area (Å²) in [5.41, 5.74) is 2.16. The van der Waals surface area contributed by atoms with E-state index in [1.54, 1.807) is 24.5 Å². The first-order chi connectivity index (χ1) is 13.8. The normalized spacial score (nSPS) is 15.4. The van der Waals surface area contributed by atoms with Crippen LogP contribution in [0.5, 0.6) is 0 Å². The number of amides is 1. The summed E-state index contributed by atoms with van der Waals surface area (Å²) in [6.45, 7) is 2.44. The molecule has 1 aliphatic rings. The highest BCUT2D eigenvalue weighted by Gasteiger charge is 2.21. The van der Waals surface area contributed by atoms with E-state index >= 15 is 0 Å². The van der Waals surface area contributed by atoms with Crippen LogP contribution in [-0.4, -0.2) is 45.7 Å². The zero-order valence-electron chi connectivity index (χ0n) is 15.6. The topological polar surface area (TPSA) is 84.2 Å². The van der Waals surface area contributed by atoms with E-state index in [0.29, 0.717) is 18.4 Å². The first kappa shape index (κ1) is 18.3. The number of aromatic nitrogens is 3. The van der Waals surface area contributed by atoms with Crippen molar-refractivity contribution in [2.24, 2.45) is 5.92 Å². The lowest BCUT2D eigenvalue weighted by Crippen LogP contribution is -2.42. The minimum Gasteiger partial charge on any atom is -0.335 e. The van der Waals surface area contributed by atoms with Crippen LogP contribution in [0.2, 0.25) is 0 Å². The fourth-order valence-corrected chi connectivity index (χ4v) is 3.49. The van der Waals surface area contributed by atoms with Crippen LogP contribution in [0.15, 0.2) is 59.4 Å². The Kier molecular flexibility index (Phi) is 5.72. The van der Waals surface area contributed by atoms with Gasteiger partial charge in [-0.1, -0.05) is 35.5 Å². The van der Waals surface area contributed by atoms with E-state index < -0.39 is 0 Å². The van der Waals surface area contributed by atoms with Crippen LogP contribution in [0.1, 0.15) is 29.1 Å². The van der Waals surface area contributed by atoms with Gasteiger partial charge in [-0.3, -0.25) is 14.7 Å². The number of benzene rings is 1. The molecule has 1 amide bonds. The zero-order chi connectivity index (χ0) is 19.2. The van der Waals surface area contributed by atoms with E-state index in [4.69, 9.17) is 4.52 Å². The Balaban J connectivity index is 1.23. The van der Waals surface area contributed by atoms with Gasteiger partial charge in [-0.25, -0.2) is 0 Å². The van der Waals surface area contributed by atoms with Gasteiger partial charge >= 0.3 is 11.8 Å². The van der Waals surface area contributed by atoms with Crippen molar-refractivity contribution in [3.05, 3.63) is 66.3 Å². The average molecular weight is 377 g/mol. The smallest absolute Gasteiger partial charge is 0.316 e. The van der Waals surface area contributed by atoms with Crippen molar-refractivity contribution in [1.29, 1.82) is 0 Å². The summed E-state index contributed by atoms with van der Waals surface area (Å²) in [6, 6.07) is 14.2. The van der Waals surface area contributed by atoms with E-state index in [-0.39, 0.29) is 11.8 Å². The molecule has 7 nitrogen and oxygen atoms in total. The number of likely N-dealkylation sites (tertiary alicyclic amines) is 1. The molecule has 0 atom stereocenters. The molecule has 7 heteroatoms. The second-order valence-corrected chi connectivity index (χ2v) is 7.07. The van der Waals surface area contributed by atoms with Crippen LogP contribution in [-0.2, 0) is 6.42 Å². The number of pyridine rings is 1. The third-order valence-corrected chi connectivity index (χ3v) is 5.10. The number of hydrogen-bond acceptors (Lipinski definition) is 6. The lowest BCUT2D eigenvalue weighted by molar-refractivity contribution is 0.0859. The molecule has 0 bridgehead atoms. The molecule has 2 aromatic heterocycles. The van der Waals surface area contributed by atoms with Gasteiger partial charge in [0, 0.05) is 31.0 Å². The number of hydrogen-bond donors (Lipinski definition) is 1. The Bertz CT molecular complexity index is 889. The number of rotatable bonds is 6. The Morgan fingerprint density at radius 2 is 1.86 bits per heavy atom. The highest BCUT2D eigenvalue weighted by Crippen LogP contribution is 2.21. The van der Waals surface area contributed by atoms with Crippen molar-refractivity contribution in [3.63, 3.8) is 0 Å². The number of nitrogens with one attached hydrogen (secondary N) is 1. The molecule has 3 heterocycles. The Hall–Kier alpha value is -3.06. The highest BCUT2D eigenvalue weighted by molar-refractivity contribution is 5.89. The zero-order valence-corrected chi connectivity index (χ0v) is 15.6. The lowest BCUT2D eigenvalue weighted by atomic mass is 9.90. The van der Waals surface area contributed by atoms with E-state index in [1.165, 1.54) is 5.56 Å². The van der Waals surface area contributed by atoms with E-state index in [9.17, 15) is 4.79 Å². The SMILES string of the molecule is O=C(NCN1CCC(Cc2ccccc2)CC1)c1nc(-c2ccncc2)no1. The number of nitrogens with zero attached hydrogens (tertiary/aromatic N) is 4. The van der Waals surface area contributed by atoms with Crippen LogP contribution in [0.25, 0.3) is 11.4 Å². The highest BCUT2D eigenvalue weighted by atomic mass is 16.5. The third kappa shape index (κ3) is 4.61. The molecule has 4 rings (SSSR count). The summed E-state index contributed by atoms with van der Waals surface area (Å²) in [4.78, 5) is 22.7. The Morgan fingerprint density at radius 1 is 1.11 bits per heavy atom. The summed E-state index contributed by atoms with van der Waals surface area (Å²) in [5.74, 6) is 0.715. The monoisotopic (exact) mass is 377 g/mol. The van der Waals surface area contributed by atoms with Crippen molar-refractivity contribution in [3.8, 4) is 11.4 Å². The van der Waals surface area contributed by atoms with Gasteiger partial charge in [0.1, 0.15) is 0 Å². The van der Waals surface area contributed by atoms with Gasteiger partial charge in [0.25, 0.3) is 0 Å². The Labute approximate surface area is 163 Å². The van der Waals surface area contributed by atoms with Crippen molar-refractivity contribution >= 4 is 5.91 Å². The summed E-state index contributed by atoms with van der Waals surface area (Å²) in [6.07, 6.45) is 6.69. The molecule has 1 fully saturated rings. The minimum atomic E-state index is -0.348. The van der Waals surface area contributed by atoms with Crippen LogP contribution < -0.4 is 5.32 Å². The standard InChI is InChI=1S/C21H23N5O2/c27-20(21-24-19(25-28-21)18-6-10-22-11-7-18)23-15-26-12-8-17(9-13-26)14-16-4-2-1-3-5-16/h1-7,10-11,17H,8-9,12-15H2,(H,23,27). The van der Waals surface area contributed by atoms with Crippen molar-refractivity contribution in [1.82, 2.24) is 25.3 Å². The molecule has 144 valence electrons. The number of piperidine rings is 1. The van der Waals surface area contributed by atoms with Gasteiger partial charge in [0.15, 0.2) is 0 Å². The summed E-state index contributed by atoms with van der Waals surface area (Å²) < 4.78 is 5.09. The van der Waals surface area contributed by atoms with Gasteiger partial charge < -0.3 is 9.84 Å². The summed E-state index contributed by atoms with van der Waals surface area (Å²) in [5, 5.41) is 6.74. The quantitative estimate of drug-likeness (QED) is 0.711. The molecule has 0 aliphatic carbocycles. The molecule has 0 unspecified atom stereocenters. The van der Waals surface area contributed by atoms with Crippen LogP contribution >= 0.6 is 0 Å². The fraction of sp³-hybridized carbons (Fsp3) is 0.333. The molecule has 3 aromatic rings. The first-order valence-corrected chi connectivity index (χ1v) is 9.56. The Morgan fingerprint density at radius 3 is 2.61 bits per heavy atom. The van der Waals surface area contributed by atoms with Crippen LogP contribution in [0.4, 0.5) is 0 Å². The van der Waals surface area contributed by atoms with E-state index in [1.807, 2.05) is 0 Å². The van der Waals surface area contributed by atoms with E-state index in [0.717, 1.165) is 37.9 Å². The second kappa shape index (κ2) is 8.75. The van der Waals surface area contributed by atoms with Crippen molar-refractivity contribution in [2.45, 2.75) is 19.3 Å². The number of carbonyl (C=O) groups is 1. The summed E-state index contributed by atoms with van der Waals surface area (Å²) >= 11 is 0. The molecule has 0 radical (unpaired) electrons. The van der Waals surface area contributed by atoms with Gasteiger partial charge in [-0.2, -0.15) is 4.98 Å². The molecule has 1 saturated heterocycles. The van der Waals surface area contributed by atoms with Crippen LogP contribution in [0, 0.1) is 5.92 Å². The lowest BCUT2D eigenvalue weighted by Gasteiger charge is -2.31. The van der Waals surface area contributed by atoms with Gasteiger partial charge in [0.2, 0.25) is 5.82 Å². The maximum atomic E-state index is 12.3.